The number of para-hydroxylation sites is 1. The number of hydrogen-bond donors (Lipinski definition) is 1. The van der Waals surface area contributed by atoms with Gasteiger partial charge in [-0.1, -0.05) is 25.1 Å². The average Bonchev–Trinajstić information content (AvgIpc) is 2.71. The molecule has 6 heteroatoms. The summed E-state index contributed by atoms with van der Waals surface area (Å²) >= 11 is 0. The van der Waals surface area contributed by atoms with E-state index in [0.717, 1.165) is 11.1 Å². The van der Waals surface area contributed by atoms with Crippen molar-refractivity contribution in [2.24, 2.45) is 0 Å². The molecule has 6 nitrogen and oxygen atoms in total. The lowest BCUT2D eigenvalue weighted by Gasteiger charge is -2.27. The monoisotopic (exact) mass is 396 g/mol. The van der Waals surface area contributed by atoms with Crippen LogP contribution in [0.15, 0.2) is 42.5 Å². The van der Waals surface area contributed by atoms with Crippen molar-refractivity contribution in [1.82, 2.24) is 4.90 Å². The van der Waals surface area contributed by atoms with E-state index < -0.39 is 6.10 Å². The van der Waals surface area contributed by atoms with Crippen molar-refractivity contribution < 1.29 is 19.1 Å². The van der Waals surface area contributed by atoms with E-state index in [1.54, 1.807) is 29.2 Å². The summed E-state index contributed by atoms with van der Waals surface area (Å²) in [6.45, 7) is 8.05. The minimum absolute atomic E-state index is 0.104. The summed E-state index contributed by atoms with van der Waals surface area (Å²) in [4.78, 5) is 27.5. The highest BCUT2D eigenvalue weighted by molar-refractivity contribution is 6.04. The van der Waals surface area contributed by atoms with Crippen molar-refractivity contribution in [2.75, 3.05) is 31.6 Å². The third-order valence-corrected chi connectivity index (χ3v) is 4.85. The van der Waals surface area contributed by atoms with E-state index >= 15 is 0 Å². The van der Waals surface area contributed by atoms with Crippen LogP contribution in [0.25, 0.3) is 0 Å². The van der Waals surface area contributed by atoms with Gasteiger partial charge in [0.05, 0.1) is 24.5 Å². The normalized spacial score (nSPS) is 14.9. The maximum absolute atomic E-state index is 12.9. The molecule has 1 saturated heterocycles. The van der Waals surface area contributed by atoms with Crippen LogP contribution in [0.1, 0.15) is 34.8 Å². The van der Waals surface area contributed by atoms with Gasteiger partial charge in [0, 0.05) is 13.1 Å². The van der Waals surface area contributed by atoms with Crippen LogP contribution in [0.4, 0.5) is 5.69 Å². The van der Waals surface area contributed by atoms with Gasteiger partial charge in [0.25, 0.3) is 11.8 Å². The van der Waals surface area contributed by atoms with Gasteiger partial charge in [0.2, 0.25) is 0 Å². The molecular weight excluding hydrogens is 368 g/mol. The van der Waals surface area contributed by atoms with Gasteiger partial charge in [-0.2, -0.15) is 0 Å². The van der Waals surface area contributed by atoms with E-state index in [2.05, 4.69) is 11.4 Å². The second kappa shape index (κ2) is 9.56. The second-order valence-corrected chi connectivity index (χ2v) is 7.28. The van der Waals surface area contributed by atoms with Crippen LogP contribution in [-0.4, -0.2) is 49.1 Å². The molecule has 2 amide bonds. The molecule has 0 spiro atoms. The molecule has 1 fully saturated rings. The molecule has 0 aromatic heterocycles. The Balaban J connectivity index is 1.74. The Morgan fingerprint density at radius 3 is 2.41 bits per heavy atom. The summed E-state index contributed by atoms with van der Waals surface area (Å²) < 4.78 is 11.3. The van der Waals surface area contributed by atoms with E-state index in [1.807, 2.05) is 32.9 Å². The van der Waals surface area contributed by atoms with Crippen molar-refractivity contribution in [1.29, 1.82) is 0 Å². The first-order valence-corrected chi connectivity index (χ1v) is 9.99. The summed E-state index contributed by atoms with van der Waals surface area (Å²) in [6, 6.07) is 13.0. The zero-order chi connectivity index (χ0) is 20.8. The molecule has 1 aliphatic heterocycles. The van der Waals surface area contributed by atoms with E-state index in [-0.39, 0.29) is 11.8 Å². The fourth-order valence-electron chi connectivity index (χ4n) is 3.42. The van der Waals surface area contributed by atoms with Crippen LogP contribution < -0.4 is 10.1 Å². The molecule has 154 valence electrons. The van der Waals surface area contributed by atoms with Crippen LogP contribution in [0.3, 0.4) is 0 Å². The smallest absolute Gasteiger partial charge is 0.265 e. The first-order chi connectivity index (χ1) is 14.0. The number of nitrogens with zero attached hydrogens (tertiary/aromatic N) is 1. The molecule has 2 aromatic rings. The van der Waals surface area contributed by atoms with Crippen LogP contribution >= 0.6 is 0 Å². The molecule has 3 rings (SSSR count). The number of aryl methyl sites for hydroxylation is 2. The first kappa shape index (κ1) is 20.9. The Hall–Kier alpha value is -2.86. The van der Waals surface area contributed by atoms with Crippen LogP contribution in [0.2, 0.25) is 0 Å². The first-order valence-electron chi connectivity index (χ1n) is 9.99. The number of carbonyl (C=O) groups excluding carboxylic acids is 2. The molecule has 1 atom stereocenters. The molecule has 2 aromatic carbocycles. The molecule has 0 saturated carbocycles. The van der Waals surface area contributed by atoms with Crippen LogP contribution in [0, 0.1) is 13.8 Å². The molecule has 1 aliphatic rings. The maximum atomic E-state index is 12.9. The lowest BCUT2D eigenvalue weighted by atomic mass is 10.1. The number of hydrogen-bond acceptors (Lipinski definition) is 4. The maximum Gasteiger partial charge on any atom is 0.265 e. The Morgan fingerprint density at radius 1 is 1.10 bits per heavy atom. The van der Waals surface area contributed by atoms with Crippen molar-refractivity contribution >= 4 is 17.5 Å². The van der Waals surface area contributed by atoms with Gasteiger partial charge in [-0.05, 0) is 55.7 Å². The number of ether oxygens (including phenoxy) is 2. The minimum Gasteiger partial charge on any atom is -0.481 e. The van der Waals surface area contributed by atoms with Gasteiger partial charge >= 0.3 is 0 Å². The number of benzene rings is 2. The SMILES string of the molecule is CC[C@@H](Oc1cc(C)cc(C)c1)C(=O)Nc1ccccc1C(=O)N1CCOCC1. The molecule has 0 bridgehead atoms. The number of rotatable bonds is 6. The highest BCUT2D eigenvalue weighted by Crippen LogP contribution is 2.21. The van der Waals surface area contributed by atoms with Gasteiger partial charge < -0.3 is 19.7 Å². The summed E-state index contributed by atoms with van der Waals surface area (Å²) in [6.07, 6.45) is -0.138. The Morgan fingerprint density at radius 2 is 1.76 bits per heavy atom. The number of nitrogens with one attached hydrogen (secondary N) is 1. The van der Waals surface area contributed by atoms with Gasteiger partial charge in [-0.25, -0.2) is 0 Å². The van der Waals surface area contributed by atoms with Crippen LogP contribution in [0.5, 0.6) is 5.75 Å². The molecule has 0 radical (unpaired) electrons. The number of anilines is 1. The summed E-state index contributed by atoms with van der Waals surface area (Å²) in [5.74, 6) is 0.295. The predicted octanol–water partition coefficient (Wildman–Crippen LogP) is 3.57. The third kappa shape index (κ3) is 5.35. The Labute approximate surface area is 171 Å². The van der Waals surface area contributed by atoms with Crippen LogP contribution in [-0.2, 0) is 9.53 Å². The Bertz CT molecular complexity index is 855. The van der Waals surface area contributed by atoms with Crippen molar-refractivity contribution in [3.8, 4) is 5.75 Å². The van der Waals surface area contributed by atoms with Crippen molar-refractivity contribution in [3.63, 3.8) is 0 Å². The van der Waals surface area contributed by atoms with Gasteiger partial charge in [-0.15, -0.1) is 0 Å². The van der Waals surface area contributed by atoms with E-state index in [1.165, 1.54) is 0 Å². The highest BCUT2D eigenvalue weighted by Gasteiger charge is 2.24. The molecule has 1 heterocycles. The third-order valence-electron chi connectivity index (χ3n) is 4.85. The average molecular weight is 396 g/mol. The van der Waals surface area contributed by atoms with Gasteiger partial charge in [-0.3, -0.25) is 9.59 Å². The van der Waals surface area contributed by atoms with Crippen molar-refractivity contribution in [2.45, 2.75) is 33.3 Å². The minimum atomic E-state index is -0.650. The summed E-state index contributed by atoms with van der Waals surface area (Å²) in [5, 5.41) is 2.89. The van der Waals surface area contributed by atoms with E-state index in [0.29, 0.717) is 49.7 Å². The summed E-state index contributed by atoms with van der Waals surface area (Å²) in [7, 11) is 0. The zero-order valence-electron chi connectivity index (χ0n) is 17.2. The molecular formula is C23H28N2O4. The lowest BCUT2D eigenvalue weighted by Crippen LogP contribution is -2.41. The fourth-order valence-corrected chi connectivity index (χ4v) is 3.42. The summed E-state index contributed by atoms with van der Waals surface area (Å²) in [5.41, 5.74) is 3.13. The topological polar surface area (TPSA) is 67.9 Å². The molecule has 1 N–H and O–H groups in total. The molecule has 0 unspecified atom stereocenters. The van der Waals surface area contributed by atoms with Gasteiger partial charge in [0.1, 0.15) is 5.75 Å². The number of amides is 2. The number of morpholine rings is 1. The second-order valence-electron chi connectivity index (χ2n) is 7.28. The largest absolute Gasteiger partial charge is 0.481 e. The predicted molar refractivity (Wildman–Crippen MR) is 112 cm³/mol. The standard InChI is InChI=1S/C23H28N2O4/c1-4-21(29-18-14-16(2)13-17(3)15-18)22(26)24-20-8-6-5-7-19(20)23(27)25-9-11-28-12-10-25/h5-8,13-15,21H,4,9-12H2,1-3H3,(H,24,26)/t21-/m1/s1. The number of carbonyl (C=O) groups is 2. The van der Waals surface area contributed by atoms with Gasteiger partial charge in [0.15, 0.2) is 6.10 Å². The van der Waals surface area contributed by atoms with Crippen molar-refractivity contribution in [3.05, 3.63) is 59.2 Å². The fraction of sp³-hybridized carbons (Fsp3) is 0.391. The quantitative estimate of drug-likeness (QED) is 0.811. The van der Waals surface area contributed by atoms with E-state index in [9.17, 15) is 9.59 Å². The highest BCUT2D eigenvalue weighted by atomic mass is 16.5. The lowest BCUT2D eigenvalue weighted by molar-refractivity contribution is -0.122. The van der Waals surface area contributed by atoms with E-state index in [4.69, 9.17) is 9.47 Å². The zero-order valence-corrected chi connectivity index (χ0v) is 17.2. The molecule has 0 aliphatic carbocycles. The molecule has 29 heavy (non-hydrogen) atoms. The Kier molecular flexibility index (Phi) is 6.88.